The fraction of sp³-hybridized carbons (Fsp3) is 0.667. The van der Waals surface area contributed by atoms with Crippen LogP contribution in [0, 0.1) is 5.92 Å². The first-order valence-corrected chi connectivity index (χ1v) is 5.24. The second kappa shape index (κ2) is 4.45. The first kappa shape index (κ1) is 9.52. The van der Waals surface area contributed by atoms with Gasteiger partial charge in [0.05, 0.1) is 0 Å². The van der Waals surface area contributed by atoms with Gasteiger partial charge in [-0.2, -0.15) is 0 Å². The normalized spacial score (nSPS) is 13.2. The predicted octanol–water partition coefficient (Wildman–Crippen LogP) is 2.70. The lowest BCUT2D eigenvalue weighted by molar-refractivity contribution is 0.526. The number of nitrogen functional groups attached to an aromatic ring is 1. The first-order valence-electron chi connectivity index (χ1n) is 4.42. The lowest BCUT2D eigenvalue weighted by Gasteiger charge is -2.06. The molecule has 0 aliphatic carbocycles. The van der Waals surface area contributed by atoms with Crippen molar-refractivity contribution in [3.05, 3.63) is 11.1 Å². The van der Waals surface area contributed by atoms with Gasteiger partial charge in [0.25, 0.3) is 0 Å². The van der Waals surface area contributed by atoms with E-state index in [0.29, 0.717) is 5.13 Å². The number of hydrogen-bond acceptors (Lipinski definition) is 3. The monoisotopic (exact) mass is 184 g/mol. The summed E-state index contributed by atoms with van der Waals surface area (Å²) in [6, 6.07) is 0. The van der Waals surface area contributed by atoms with Crippen LogP contribution in [0.2, 0.25) is 0 Å². The molecule has 0 radical (unpaired) electrons. The summed E-state index contributed by atoms with van der Waals surface area (Å²) < 4.78 is 0. The molecule has 0 saturated heterocycles. The molecule has 1 heterocycles. The van der Waals surface area contributed by atoms with Crippen LogP contribution in [0.25, 0.3) is 0 Å². The van der Waals surface area contributed by atoms with E-state index < -0.39 is 0 Å². The van der Waals surface area contributed by atoms with Crippen LogP contribution >= 0.6 is 11.3 Å². The van der Waals surface area contributed by atoms with Crippen molar-refractivity contribution in [1.82, 2.24) is 4.98 Å². The van der Waals surface area contributed by atoms with Crippen LogP contribution in [-0.2, 0) is 6.42 Å². The molecule has 1 unspecified atom stereocenters. The molecule has 1 aromatic rings. The standard InChI is InChI=1S/C9H16N2S/c1-3-4-7(2)5-8-6-11-9(10)12-8/h6-7H,3-5H2,1-2H3,(H2,10,11). The van der Waals surface area contributed by atoms with Crippen molar-refractivity contribution in [2.24, 2.45) is 5.92 Å². The minimum Gasteiger partial charge on any atom is -0.375 e. The van der Waals surface area contributed by atoms with E-state index in [-0.39, 0.29) is 0 Å². The molecule has 0 aliphatic heterocycles. The number of thiazole rings is 1. The van der Waals surface area contributed by atoms with Crippen molar-refractivity contribution in [3.8, 4) is 0 Å². The Labute approximate surface area is 77.8 Å². The van der Waals surface area contributed by atoms with E-state index >= 15 is 0 Å². The lowest BCUT2D eigenvalue weighted by atomic mass is 10.0. The van der Waals surface area contributed by atoms with Gasteiger partial charge < -0.3 is 5.73 Å². The van der Waals surface area contributed by atoms with Gasteiger partial charge in [0.15, 0.2) is 5.13 Å². The Kier molecular flexibility index (Phi) is 3.53. The largest absolute Gasteiger partial charge is 0.375 e. The molecule has 1 aromatic heterocycles. The van der Waals surface area contributed by atoms with Crippen LogP contribution in [0.4, 0.5) is 5.13 Å². The summed E-state index contributed by atoms with van der Waals surface area (Å²) in [6.07, 6.45) is 5.57. The zero-order valence-electron chi connectivity index (χ0n) is 7.71. The third-order valence-electron chi connectivity index (χ3n) is 1.90. The maximum Gasteiger partial charge on any atom is 0.180 e. The van der Waals surface area contributed by atoms with Gasteiger partial charge in [-0.1, -0.05) is 26.7 Å². The molecule has 3 heteroatoms. The van der Waals surface area contributed by atoms with Gasteiger partial charge >= 0.3 is 0 Å². The van der Waals surface area contributed by atoms with Crippen molar-refractivity contribution >= 4 is 16.5 Å². The van der Waals surface area contributed by atoms with Gasteiger partial charge in [0.2, 0.25) is 0 Å². The number of nitrogens with two attached hydrogens (primary N) is 1. The molecule has 1 atom stereocenters. The summed E-state index contributed by atoms with van der Waals surface area (Å²) in [4.78, 5) is 5.34. The zero-order chi connectivity index (χ0) is 8.97. The van der Waals surface area contributed by atoms with Gasteiger partial charge in [-0.3, -0.25) is 0 Å². The molecule has 2 N–H and O–H groups in total. The average molecular weight is 184 g/mol. The summed E-state index contributed by atoms with van der Waals surface area (Å²) in [6.45, 7) is 4.50. The van der Waals surface area contributed by atoms with Crippen molar-refractivity contribution < 1.29 is 0 Å². The highest BCUT2D eigenvalue weighted by molar-refractivity contribution is 7.15. The van der Waals surface area contributed by atoms with Crippen LogP contribution in [-0.4, -0.2) is 4.98 Å². The van der Waals surface area contributed by atoms with Crippen LogP contribution < -0.4 is 5.73 Å². The SMILES string of the molecule is CCCC(C)Cc1cnc(N)s1. The van der Waals surface area contributed by atoms with Crippen LogP contribution in [0.3, 0.4) is 0 Å². The van der Waals surface area contributed by atoms with E-state index in [4.69, 9.17) is 5.73 Å². The van der Waals surface area contributed by atoms with Gasteiger partial charge in [0, 0.05) is 11.1 Å². The smallest absolute Gasteiger partial charge is 0.180 e. The minimum atomic E-state index is 0.689. The molecule has 0 spiro atoms. The summed E-state index contributed by atoms with van der Waals surface area (Å²) >= 11 is 1.61. The highest BCUT2D eigenvalue weighted by atomic mass is 32.1. The number of aromatic nitrogens is 1. The summed E-state index contributed by atoms with van der Waals surface area (Å²) in [7, 11) is 0. The molecule has 0 aromatic carbocycles. The van der Waals surface area contributed by atoms with Gasteiger partial charge in [-0.05, 0) is 12.3 Å². The highest BCUT2D eigenvalue weighted by Crippen LogP contribution is 2.20. The predicted molar refractivity (Wildman–Crippen MR) is 54.3 cm³/mol. The van der Waals surface area contributed by atoms with E-state index in [2.05, 4.69) is 18.8 Å². The van der Waals surface area contributed by atoms with Gasteiger partial charge in [-0.25, -0.2) is 4.98 Å². The third-order valence-corrected chi connectivity index (χ3v) is 2.75. The topological polar surface area (TPSA) is 38.9 Å². The van der Waals surface area contributed by atoms with Crippen molar-refractivity contribution in [2.45, 2.75) is 33.1 Å². The van der Waals surface area contributed by atoms with Crippen LogP contribution in [0.1, 0.15) is 31.6 Å². The Morgan fingerprint density at radius 1 is 1.67 bits per heavy atom. The number of nitrogens with zero attached hydrogens (tertiary/aromatic N) is 1. The molecule has 0 amide bonds. The van der Waals surface area contributed by atoms with E-state index in [1.807, 2.05) is 6.20 Å². The molecule has 0 aliphatic rings. The Balaban J connectivity index is 2.41. The van der Waals surface area contributed by atoms with Gasteiger partial charge in [-0.15, -0.1) is 11.3 Å². The number of anilines is 1. The van der Waals surface area contributed by atoms with Gasteiger partial charge in [0.1, 0.15) is 0 Å². The molecular formula is C9H16N2S. The molecule has 1 rings (SSSR count). The van der Waals surface area contributed by atoms with E-state index in [1.54, 1.807) is 11.3 Å². The van der Waals surface area contributed by atoms with Crippen LogP contribution in [0.15, 0.2) is 6.20 Å². The first-order chi connectivity index (χ1) is 5.72. The Hall–Kier alpha value is -0.570. The average Bonchev–Trinajstić information content (AvgIpc) is 2.36. The number of hydrogen-bond donors (Lipinski definition) is 1. The molecule has 0 fully saturated rings. The summed E-state index contributed by atoms with van der Waals surface area (Å²) in [5, 5.41) is 0.689. The third kappa shape index (κ3) is 2.81. The minimum absolute atomic E-state index is 0.689. The maximum atomic E-state index is 5.54. The van der Waals surface area contributed by atoms with E-state index in [1.165, 1.54) is 17.7 Å². The zero-order valence-corrected chi connectivity index (χ0v) is 8.53. The fourth-order valence-corrected chi connectivity index (χ4v) is 2.20. The lowest BCUT2D eigenvalue weighted by Crippen LogP contribution is -1.96. The second-order valence-electron chi connectivity index (χ2n) is 3.26. The quantitative estimate of drug-likeness (QED) is 0.781. The van der Waals surface area contributed by atoms with Crippen molar-refractivity contribution in [2.75, 3.05) is 5.73 Å². The summed E-state index contributed by atoms with van der Waals surface area (Å²) in [5.41, 5.74) is 5.54. The second-order valence-corrected chi connectivity index (χ2v) is 4.41. The Bertz CT molecular complexity index is 232. The van der Waals surface area contributed by atoms with Crippen LogP contribution in [0.5, 0.6) is 0 Å². The molecule has 68 valence electrons. The molecule has 2 nitrogen and oxygen atoms in total. The molecule has 12 heavy (non-hydrogen) atoms. The highest BCUT2D eigenvalue weighted by Gasteiger charge is 2.04. The number of rotatable bonds is 4. The maximum absolute atomic E-state index is 5.54. The van der Waals surface area contributed by atoms with E-state index in [0.717, 1.165) is 12.3 Å². The fourth-order valence-electron chi connectivity index (χ4n) is 1.36. The summed E-state index contributed by atoms with van der Waals surface area (Å²) in [5.74, 6) is 0.759. The van der Waals surface area contributed by atoms with Crippen molar-refractivity contribution in [3.63, 3.8) is 0 Å². The Morgan fingerprint density at radius 3 is 2.92 bits per heavy atom. The molecular weight excluding hydrogens is 168 g/mol. The molecule has 0 bridgehead atoms. The van der Waals surface area contributed by atoms with Crippen molar-refractivity contribution in [1.29, 1.82) is 0 Å². The molecule has 0 saturated carbocycles. The van der Waals surface area contributed by atoms with E-state index in [9.17, 15) is 0 Å². The Morgan fingerprint density at radius 2 is 2.42 bits per heavy atom.